The Morgan fingerprint density at radius 2 is 1.42 bits per heavy atom. The smallest absolute Gasteiger partial charge is 0.263 e. The van der Waals surface area contributed by atoms with Gasteiger partial charge in [0.25, 0.3) is 10.0 Å². The Balaban J connectivity index is 1.83. The number of nitrogens with one attached hydrogen (secondary N) is 1. The monoisotopic (exact) mass is 568 g/mol. The van der Waals surface area contributed by atoms with Gasteiger partial charge in [0.15, 0.2) is 5.65 Å². The standard InChI is InChI=1S/C27H25ClN4O4S2/c1-2-3-9-18-32-26-24(29-22-12-7-8-13-23(22)30-26)25(37(33,34)20-10-5-4-6-11-20)27(32)31-38(35,36)21-16-14-19(28)15-17-21/h4-8,10-17,31H,2-3,9,18H2,1H3. The van der Waals surface area contributed by atoms with E-state index in [4.69, 9.17) is 16.6 Å². The number of aromatic nitrogens is 3. The Kier molecular flexibility index (Phi) is 7.13. The van der Waals surface area contributed by atoms with Gasteiger partial charge in [-0.3, -0.25) is 4.72 Å². The number of unbranched alkanes of at least 4 members (excludes halogenated alkanes) is 2. The topological polar surface area (TPSA) is 111 Å². The van der Waals surface area contributed by atoms with E-state index in [0.29, 0.717) is 34.7 Å². The molecule has 0 aliphatic carbocycles. The van der Waals surface area contributed by atoms with E-state index in [0.717, 1.165) is 12.8 Å². The molecule has 0 aliphatic heterocycles. The second-order valence-electron chi connectivity index (χ2n) is 8.80. The van der Waals surface area contributed by atoms with Crippen LogP contribution in [0.1, 0.15) is 26.2 Å². The number of nitrogens with zero attached hydrogens (tertiary/aromatic N) is 3. The molecule has 0 spiro atoms. The van der Waals surface area contributed by atoms with Gasteiger partial charge in [0.2, 0.25) is 9.84 Å². The largest absolute Gasteiger partial charge is 0.309 e. The molecular weight excluding hydrogens is 544 g/mol. The highest BCUT2D eigenvalue weighted by Crippen LogP contribution is 2.38. The van der Waals surface area contributed by atoms with Crippen molar-refractivity contribution >= 4 is 59.5 Å². The molecule has 196 valence electrons. The minimum Gasteiger partial charge on any atom is -0.309 e. The van der Waals surface area contributed by atoms with Crippen LogP contribution in [0.25, 0.3) is 22.2 Å². The van der Waals surface area contributed by atoms with Gasteiger partial charge in [-0.05, 0) is 55.0 Å². The van der Waals surface area contributed by atoms with Crippen LogP contribution in [-0.4, -0.2) is 31.4 Å². The maximum Gasteiger partial charge on any atom is 0.263 e. The molecule has 0 unspecified atom stereocenters. The Morgan fingerprint density at radius 1 is 0.789 bits per heavy atom. The van der Waals surface area contributed by atoms with Crippen LogP contribution in [0, 0.1) is 0 Å². The highest BCUT2D eigenvalue weighted by atomic mass is 35.5. The number of aryl methyl sites for hydroxylation is 1. The van der Waals surface area contributed by atoms with Crippen molar-refractivity contribution in [2.45, 2.75) is 47.4 Å². The maximum absolute atomic E-state index is 14.1. The van der Waals surface area contributed by atoms with Gasteiger partial charge in [0.1, 0.15) is 16.2 Å². The fourth-order valence-electron chi connectivity index (χ4n) is 4.28. The lowest BCUT2D eigenvalue weighted by Gasteiger charge is -2.14. The zero-order valence-corrected chi connectivity index (χ0v) is 22.9. The molecule has 0 bridgehead atoms. The Labute approximate surface area is 226 Å². The molecule has 0 atom stereocenters. The van der Waals surface area contributed by atoms with Crippen molar-refractivity contribution in [3.05, 3.63) is 83.9 Å². The number of anilines is 1. The fourth-order valence-corrected chi connectivity index (χ4v) is 7.11. The van der Waals surface area contributed by atoms with Gasteiger partial charge in [-0.1, -0.05) is 61.7 Å². The maximum atomic E-state index is 14.1. The first-order valence-corrected chi connectivity index (χ1v) is 15.4. The van der Waals surface area contributed by atoms with Crippen molar-refractivity contribution < 1.29 is 16.8 Å². The molecule has 0 radical (unpaired) electrons. The minimum atomic E-state index is -4.21. The second kappa shape index (κ2) is 10.4. The van der Waals surface area contributed by atoms with Gasteiger partial charge < -0.3 is 4.57 Å². The van der Waals surface area contributed by atoms with E-state index in [9.17, 15) is 16.8 Å². The Bertz CT molecular complexity index is 1840. The SMILES string of the molecule is CCCCCn1c(NS(=O)(=O)c2ccc(Cl)cc2)c(S(=O)(=O)c2ccccc2)c2nc3ccccc3nc21. The van der Waals surface area contributed by atoms with Gasteiger partial charge in [-0.15, -0.1) is 0 Å². The van der Waals surface area contributed by atoms with Crippen LogP contribution in [0.2, 0.25) is 5.02 Å². The third kappa shape index (κ3) is 4.87. The summed E-state index contributed by atoms with van der Waals surface area (Å²) in [7, 11) is -8.40. The van der Waals surface area contributed by atoms with Gasteiger partial charge in [-0.25, -0.2) is 26.8 Å². The summed E-state index contributed by atoms with van der Waals surface area (Å²) in [6.45, 7) is 2.40. The molecule has 0 amide bonds. The highest BCUT2D eigenvalue weighted by molar-refractivity contribution is 7.93. The van der Waals surface area contributed by atoms with Gasteiger partial charge >= 0.3 is 0 Å². The summed E-state index contributed by atoms with van der Waals surface area (Å²) < 4.78 is 59.4. The summed E-state index contributed by atoms with van der Waals surface area (Å²) in [5.41, 5.74) is 1.48. The lowest BCUT2D eigenvalue weighted by molar-refractivity contribution is 0.592. The average Bonchev–Trinajstić information content (AvgIpc) is 3.20. The van der Waals surface area contributed by atoms with Crippen LogP contribution >= 0.6 is 11.6 Å². The molecule has 0 fully saturated rings. The molecule has 0 saturated heterocycles. The van der Waals surface area contributed by atoms with E-state index in [-0.39, 0.29) is 26.0 Å². The van der Waals surface area contributed by atoms with Crippen LogP contribution in [0.15, 0.2) is 93.5 Å². The molecule has 0 aliphatic rings. The number of benzene rings is 3. The fraction of sp³-hybridized carbons (Fsp3) is 0.185. The van der Waals surface area contributed by atoms with E-state index in [1.54, 1.807) is 41.0 Å². The summed E-state index contributed by atoms with van der Waals surface area (Å²) in [6.07, 6.45) is 2.48. The Hall–Kier alpha value is -3.47. The third-order valence-electron chi connectivity index (χ3n) is 6.17. The zero-order valence-electron chi connectivity index (χ0n) is 20.5. The molecule has 2 heterocycles. The van der Waals surface area contributed by atoms with Gasteiger partial charge in [0, 0.05) is 11.6 Å². The minimum absolute atomic E-state index is 0.0227. The number of halogens is 1. The van der Waals surface area contributed by atoms with E-state index in [1.165, 1.54) is 36.4 Å². The van der Waals surface area contributed by atoms with Crippen molar-refractivity contribution in [2.75, 3.05) is 4.72 Å². The lowest BCUT2D eigenvalue weighted by Crippen LogP contribution is -2.18. The number of hydrogen-bond donors (Lipinski definition) is 1. The summed E-state index contributed by atoms with van der Waals surface area (Å²) in [6, 6.07) is 20.7. The quantitative estimate of drug-likeness (QED) is 0.216. The summed E-state index contributed by atoms with van der Waals surface area (Å²) in [4.78, 5) is 9.16. The van der Waals surface area contributed by atoms with Crippen molar-refractivity contribution in [2.24, 2.45) is 0 Å². The summed E-state index contributed by atoms with van der Waals surface area (Å²) >= 11 is 5.96. The number of sulfonamides is 1. The van der Waals surface area contributed by atoms with Crippen LogP contribution in [-0.2, 0) is 26.4 Å². The summed E-state index contributed by atoms with van der Waals surface area (Å²) in [5, 5.41) is 0.380. The Morgan fingerprint density at radius 3 is 2.08 bits per heavy atom. The zero-order chi connectivity index (χ0) is 26.9. The van der Waals surface area contributed by atoms with Crippen LogP contribution in [0.5, 0.6) is 0 Å². The number of para-hydroxylation sites is 2. The molecule has 3 aromatic carbocycles. The molecule has 1 N–H and O–H groups in total. The van der Waals surface area contributed by atoms with Gasteiger partial charge in [-0.2, -0.15) is 0 Å². The molecule has 5 rings (SSSR count). The number of hydrogen-bond acceptors (Lipinski definition) is 6. The van der Waals surface area contributed by atoms with Crippen molar-refractivity contribution in [1.29, 1.82) is 0 Å². The normalized spacial score (nSPS) is 12.3. The highest BCUT2D eigenvalue weighted by Gasteiger charge is 2.33. The lowest BCUT2D eigenvalue weighted by atomic mass is 10.2. The van der Waals surface area contributed by atoms with Crippen LogP contribution < -0.4 is 4.72 Å². The first-order chi connectivity index (χ1) is 18.2. The third-order valence-corrected chi connectivity index (χ3v) is 9.59. The van der Waals surface area contributed by atoms with Crippen molar-refractivity contribution in [1.82, 2.24) is 14.5 Å². The van der Waals surface area contributed by atoms with E-state index < -0.39 is 19.9 Å². The van der Waals surface area contributed by atoms with E-state index in [1.807, 2.05) is 6.07 Å². The van der Waals surface area contributed by atoms with Gasteiger partial charge in [0.05, 0.1) is 20.8 Å². The predicted molar refractivity (Wildman–Crippen MR) is 149 cm³/mol. The van der Waals surface area contributed by atoms with E-state index in [2.05, 4.69) is 16.6 Å². The first kappa shape index (κ1) is 26.1. The number of fused-ring (bicyclic) bond motifs is 2. The molecule has 38 heavy (non-hydrogen) atoms. The predicted octanol–water partition coefficient (Wildman–Crippen LogP) is 6.06. The first-order valence-electron chi connectivity index (χ1n) is 12.1. The number of rotatable bonds is 9. The number of sulfone groups is 1. The van der Waals surface area contributed by atoms with Crippen molar-refractivity contribution in [3.8, 4) is 0 Å². The molecule has 11 heteroatoms. The summed E-state index contributed by atoms with van der Waals surface area (Å²) in [5.74, 6) is -0.0924. The molecule has 2 aromatic heterocycles. The molecular formula is C27H25ClN4O4S2. The molecule has 0 saturated carbocycles. The van der Waals surface area contributed by atoms with E-state index >= 15 is 0 Å². The second-order valence-corrected chi connectivity index (χ2v) is 12.8. The van der Waals surface area contributed by atoms with Crippen molar-refractivity contribution in [3.63, 3.8) is 0 Å². The average molecular weight is 569 g/mol. The van der Waals surface area contributed by atoms with Crippen LogP contribution in [0.3, 0.4) is 0 Å². The molecule has 8 nitrogen and oxygen atoms in total. The molecule has 5 aromatic rings. The van der Waals surface area contributed by atoms with Crippen LogP contribution in [0.4, 0.5) is 5.82 Å².